The van der Waals surface area contributed by atoms with Gasteiger partial charge in [0.05, 0.1) is 18.1 Å². The molecule has 1 aromatic carbocycles. The maximum Gasteiger partial charge on any atom is 0.292 e. The van der Waals surface area contributed by atoms with Crippen molar-refractivity contribution < 1.29 is 34.1 Å². The molecule has 2 aliphatic heterocycles. The predicted molar refractivity (Wildman–Crippen MR) is 87.1 cm³/mol. The molecule has 0 spiro atoms. The van der Waals surface area contributed by atoms with Gasteiger partial charge < -0.3 is 25.4 Å². The number of carboxylic acids is 1. The Labute approximate surface area is 149 Å². The van der Waals surface area contributed by atoms with Gasteiger partial charge in [0.15, 0.2) is 12.6 Å². The first-order valence-corrected chi connectivity index (χ1v) is 8.51. The second-order valence-corrected chi connectivity index (χ2v) is 6.71. The van der Waals surface area contributed by atoms with E-state index in [1.165, 1.54) is 24.3 Å². The number of carbonyl (C=O) groups is 4. The fourth-order valence-corrected chi connectivity index (χ4v) is 3.67. The summed E-state index contributed by atoms with van der Waals surface area (Å²) in [7, 11) is 0. The number of nitrogens with one attached hydrogen (secondary N) is 2. The Bertz CT molecular complexity index is 740. The van der Waals surface area contributed by atoms with Crippen molar-refractivity contribution in [3.05, 3.63) is 29.8 Å². The molecule has 0 bridgehead atoms. The number of primary amides is 1. The van der Waals surface area contributed by atoms with Crippen LogP contribution in [0.4, 0.5) is 5.69 Å². The van der Waals surface area contributed by atoms with Crippen LogP contribution in [0.15, 0.2) is 24.3 Å². The minimum Gasteiger partial charge on any atom is -0.545 e. The molecule has 2 saturated heterocycles. The normalized spacial score (nSPS) is 26.2. The summed E-state index contributed by atoms with van der Waals surface area (Å²) in [6.07, 6.45) is 0.127. The zero-order valence-electron chi connectivity index (χ0n) is 14.2. The van der Waals surface area contributed by atoms with E-state index in [1.807, 2.05) is 0 Å². The third-order valence-electron chi connectivity index (χ3n) is 5.02. The number of hydrogen-bond acceptors (Lipinski definition) is 5. The van der Waals surface area contributed by atoms with Crippen LogP contribution in [0.2, 0.25) is 0 Å². The highest BCUT2D eigenvalue weighted by Gasteiger charge is 2.46. The van der Waals surface area contributed by atoms with Gasteiger partial charge in [-0.05, 0) is 17.7 Å². The third-order valence-corrected chi connectivity index (χ3v) is 5.02. The van der Waals surface area contributed by atoms with E-state index in [9.17, 15) is 24.3 Å². The number of piperazine rings is 1. The van der Waals surface area contributed by atoms with Gasteiger partial charge in [-0.3, -0.25) is 14.4 Å². The number of benzene rings is 1. The number of imide groups is 1. The van der Waals surface area contributed by atoms with Gasteiger partial charge in [0.1, 0.15) is 26.2 Å². The van der Waals surface area contributed by atoms with Crippen molar-refractivity contribution >= 4 is 29.4 Å². The lowest BCUT2D eigenvalue weighted by Crippen LogP contribution is -3.30. The van der Waals surface area contributed by atoms with Crippen molar-refractivity contribution in [2.24, 2.45) is 5.73 Å². The van der Waals surface area contributed by atoms with Gasteiger partial charge in [-0.2, -0.15) is 0 Å². The molecule has 9 nitrogen and oxygen atoms in total. The molecule has 9 heteroatoms. The molecular weight excluding hydrogens is 340 g/mol. The minimum absolute atomic E-state index is 0.0106. The molecule has 2 heterocycles. The predicted octanol–water partition coefficient (Wildman–Crippen LogP) is -5.05. The van der Waals surface area contributed by atoms with E-state index in [0.717, 1.165) is 27.8 Å². The van der Waals surface area contributed by atoms with Crippen LogP contribution < -0.4 is 25.5 Å². The second kappa shape index (κ2) is 7.22. The summed E-state index contributed by atoms with van der Waals surface area (Å²) in [4.78, 5) is 50.2. The molecule has 3 amide bonds. The number of amides is 3. The van der Waals surface area contributed by atoms with Gasteiger partial charge in [0.2, 0.25) is 5.91 Å². The number of quaternary nitrogens is 2. The van der Waals surface area contributed by atoms with Gasteiger partial charge in [-0.15, -0.1) is 0 Å². The number of carbonyl (C=O) groups excluding carboxylic acids is 4. The summed E-state index contributed by atoms with van der Waals surface area (Å²) in [6, 6.07) is 5.06. The van der Waals surface area contributed by atoms with E-state index in [1.54, 1.807) is 0 Å². The average Bonchev–Trinajstić information content (AvgIpc) is 2.89. The standard InChI is InChI=1S/C17H20N4O5/c18-14(22)10-19-5-7-20(8-6-19)13-9-15(23)21(16(13)24)12-3-1-11(2-4-12)17(25)26/h1-4,13H,5-10H2,(H2,18,22)(H,25,26)/p+1/t13-/m1/s1. The summed E-state index contributed by atoms with van der Waals surface area (Å²) in [5.74, 6) is -2.22. The summed E-state index contributed by atoms with van der Waals surface area (Å²) < 4.78 is 0. The summed E-state index contributed by atoms with van der Waals surface area (Å²) in [5, 5.41) is 10.8. The van der Waals surface area contributed by atoms with Crippen molar-refractivity contribution in [2.75, 3.05) is 37.6 Å². The Morgan fingerprint density at radius 1 is 1.12 bits per heavy atom. The van der Waals surface area contributed by atoms with Crippen LogP contribution >= 0.6 is 0 Å². The first-order chi connectivity index (χ1) is 12.4. The zero-order valence-corrected chi connectivity index (χ0v) is 14.2. The summed E-state index contributed by atoms with van der Waals surface area (Å²) in [5.41, 5.74) is 5.57. The maximum absolute atomic E-state index is 12.8. The zero-order chi connectivity index (χ0) is 18.8. The molecule has 3 rings (SSSR count). The average molecular weight is 361 g/mol. The van der Waals surface area contributed by atoms with E-state index in [-0.39, 0.29) is 36.3 Å². The highest BCUT2D eigenvalue weighted by molar-refractivity contribution is 6.21. The van der Waals surface area contributed by atoms with Crippen LogP contribution in [0, 0.1) is 0 Å². The number of hydrogen-bond donors (Lipinski definition) is 3. The summed E-state index contributed by atoms with van der Waals surface area (Å²) in [6.45, 7) is 3.09. The Balaban J connectivity index is 1.67. The number of rotatable bonds is 5. The van der Waals surface area contributed by atoms with Crippen LogP contribution in [0.5, 0.6) is 0 Å². The number of nitrogens with two attached hydrogens (primary N) is 1. The van der Waals surface area contributed by atoms with Gasteiger partial charge in [-0.1, -0.05) is 12.1 Å². The first-order valence-electron chi connectivity index (χ1n) is 8.51. The molecule has 2 fully saturated rings. The molecule has 0 aromatic heterocycles. The second-order valence-electron chi connectivity index (χ2n) is 6.71. The Hall–Kier alpha value is -2.78. The van der Waals surface area contributed by atoms with Crippen molar-refractivity contribution in [1.29, 1.82) is 0 Å². The maximum atomic E-state index is 12.8. The third kappa shape index (κ3) is 3.58. The number of carboxylic acid groups (broad SMARTS) is 1. The number of nitrogens with zero attached hydrogens (tertiary/aromatic N) is 1. The van der Waals surface area contributed by atoms with E-state index < -0.39 is 12.0 Å². The van der Waals surface area contributed by atoms with Crippen LogP contribution in [-0.4, -0.2) is 62.5 Å². The van der Waals surface area contributed by atoms with Gasteiger partial charge in [-0.25, -0.2) is 4.90 Å². The topological polar surface area (TPSA) is 129 Å². The van der Waals surface area contributed by atoms with E-state index in [0.29, 0.717) is 18.8 Å². The highest BCUT2D eigenvalue weighted by atomic mass is 16.4. The molecule has 138 valence electrons. The van der Waals surface area contributed by atoms with E-state index in [4.69, 9.17) is 5.73 Å². The molecular formula is C17H21N4O5+. The molecule has 26 heavy (non-hydrogen) atoms. The molecule has 0 saturated carbocycles. The van der Waals surface area contributed by atoms with Gasteiger partial charge in [0, 0.05) is 0 Å². The molecule has 1 atom stereocenters. The Morgan fingerprint density at radius 3 is 2.27 bits per heavy atom. The molecule has 0 unspecified atom stereocenters. The van der Waals surface area contributed by atoms with Crippen molar-refractivity contribution in [1.82, 2.24) is 0 Å². The lowest BCUT2D eigenvalue weighted by Gasteiger charge is -2.31. The number of anilines is 1. The SMILES string of the molecule is NC(=O)C[NH+]1CC[NH+]([C@@H]2CC(=O)N(c3ccc(C(=O)[O-])cc3)C2=O)CC1. The molecule has 0 radical (unpaired) electrons. The van der Waals surface area contributed by atoms with Gasteiger partial charge in [0.25, 0.3) is 11.8 Å². The fourth-order valence-electron chi connectivity index (χ4n) is 3.67. The molecule has 2 aliphatic rings. The fraction of sp³-hybridized carbons (Fsp3) is 0.412. The van der Waals surface area contributed by atoms with Crippen molar-refractivity contribution in [3.8, 4) is 0 Å². The Kier molecular flexibility index (Phi) is 5.01. The van der Waals surface area contributed by atoms with Crippen LogP contribution in [0.25, 0.3) is 0 Å². The largest absolute Gasteiger partial charge is 0.545 e. The minimum atomic E-state index is -1.31. The quantitative estimate of drug-likeness (QED) is 0.452. The van der Waals surface area contributed by atoms with Crippen LogP contribution in [-0.2, 0) is 14.4 Å². The molecule has 4 N–H and O–H groups in total. The lowest BCUT2D eigenvalue weighted by atomic mass is 10.1. The van der Waals surface area contributed by atoms with Crippen molar-refractivity contribution in [3.63, 3.8) is 0 Å². The first kappa shape index (κ1) is 18.0. The highest BCUT2D eigenvalue weighted by Crippen LogP contribution is 2.22. The van der Waals surface area contributed by atoms with E-state index >= 15 is 0 Å². The number of aromatic carboxylic acids is 1. The Morgan fingerprint density at radius 2 is 1.73 bits per heavy atom. The van der Waals surface area contributed by atoms with E-state index in [2.05, 4.69) is 0 Å². The lowest BCUT2D eigenvalue weighted by molar-refractivity contribution is -1.02. The van der Waals surface area contributed by atoms with Gasteiger partial charge >= 0.3 is 0 Å². The smallest absolute Gasteiger partial charge is 0.292 e. The van der Waals surface area contributed by atoms with Crippen molar-refractivity contribution in [2.45, 2.75) is 12.5 Å². The molecule has 1 aromatic rings. The summed E-state index contributed by atoms with van der Waals surface area (Å²) >= 11 is 0. The van der Waals surface area contributed by atoms with Crippen LogP contribution in [0.3, 0.4) is 0 Å². The monoisotopic (exact) mass is 361 g/mol. The molecule has 0 aliphatic carbocycles. The van der Waals surface area contributed by atoms with Crippen LogP contribution in [0.1, 0.15) is 16.8 Å².